The van der Waals surface area contributed by atoms with E-state index in [1.165, 1.54) is 11.0 Å². The van der Waals surface area contributed by atoms with Crippen LogP contribution in [0.1, 0.15) is 10.4 Å². The van der Waals surface area contributed by atoms with Crippen LogP contribution in [0.4, 0.5) is 17.5 Å². The summed E-state index contributed by atoms with van der Waals surface area (Å²) in [5, 5.41) is 17.4. The van der Waals surface area contributed by atoms with Crippen LogP contribution in [0.15, 0.2) is 42.9 Å². The molecule has 2 aromatic heterocycles. The third-order valence-corrected chi connectivity index (χ3v) is 3.47. The first-order chi connectivity index (χ1) is 12.7. The molecule has 0 saturated heterocycles. The molecule has 0 atom stereocenters. The van der Waals surface area contributed by atoms with Gasteiger partial charge in [-0.15, -0.1) is 0 Å². The van der Waals surface area contributed by atoms with Crippen molar-refractivity contribution in [2.75, 3.05) is 30.8 Å². The van der Waals surface area contributed by atoms with Gasteiger partial charge in [-0.1, -0.05) is 6.07 Å². The summed E-state index contributed by atoms with van der Waals surface area (Å²) in [6, 6.07) is 7.39. The number of carbonyl (C=O) groups excluding carboxylic acids is 1. The Bertz CT molecular complexity index is 879. The minimum absolute atomic E-state index is 0.201. The Morgan fingerprint density at radius 2 is 2.04 bits per heavy atom. The Morgan fingerprint density at radius 3 is 2.77 bits per heavy atom. The van der Waals surface area contributed by atoms with Crippen molar-refractivity contribution in [3.8, 4) is 5.69 Å². The molecule has 10 heteroatoms. The number of rotatable bonds is 8. The van der Waals surface area contributed by atoms with Gasteiger partial charge in [0.05, 0.1) is 18.1 Å². The predicted octanol–water partition coefficient (Wildman–Crippen LogP) is 0.531. The van der Waals surface area contributed by atoms with Crippen LogP contribution in [0.2, 0.25) is 0 Å². The number of likely N-dealkylation sites (N-methyl/N-ethyl adjacent to an activating group) is 1. The van der Waals surface area contributed by atoms with Gasteiger partial charge in [0.1, 0.15) is 11.4 Å². The topological polar surface area (TPSA) is 136 Å². The van der Waals surface area contributed by atoms with Gasteiger partial charge in [-0.3, -0.25) is 4.79 Å². The number of nitrogens with two attached hydrogens (primary N) is 1. The van der Waals surface area contributed by atoms with Crippen LogP contribution in [0.5, 0.6) is 0 Å². The lowest BCUT2D eigenvalue weighted by atomic mass is 10.2. The van der Waals surface area contributed by atoms with Gasteiger partial charge in [-0.25, -0.2) is 4.98 Å². The highest BCUT2D eigenvalue weighted by atomic mass is 16.1. The number of hydrogen-bond acceptors (Lipinski definition) is 8. The molecule has 0 aliphatic heterocycles. The molecule has 1 amide bonds. The van der Waals surface area contributed by atoms with Crippen LogP contribution >= 0.6 is 0 Å². The second kappa shape index (κ2) is 8.03. The number of amides is 1. The maximum atomic E-state index is 11.7. The first kappa shape index (κ1) is 17.3. The third kappa shape index (κ3) is 4.11. The molecule has 0 saturated carbocycles. The van der Waals surface area contributed by atoms with Crippen LogP contribution in [0, 0.1) is 0 Å². The molecule has 5 N–H and O–H groups in total. The Kier molecular flexibility index (Phi) is 5.34. The molecule has 134 valence electrons. The zero-order valence-corrected chi connectivity index (χ0v) is 14.2. The molecule has 0 radical (unpaired) electrons. The van der Waals surface area contributed by atoms with Gasteiger partial charge < -0.3 is 21.7 Å². The average Bonchev–Trinajstić information content (AvgIpc) is 3.17. The summed E-state index contributed by atoms with van der Waals surface area (Å²) in [6.45, 7) is 1.40. The van der Waals surface area contributed by atoms with Crippen molar-refractivity contribution in [1.82, 2.24) is 30.3 Å². The van der Waals surface area contributed by atoms with E-state index in [2.05, 4.69) is 36.1 Å². The lowest BCUT2D eigenvalue weighted by Crippen LogP contribution is -2.20. The number of benzene rings is 1. The molecular formula is C16H19N9O. The summed E-state index contributed by atoms with van der Waals surface area (Å²) in [5.41, 5.74) is 7.11. The average molecular weight is 353 g/mol. The third-order valence-electron chi connectivity index (χ3n) is 3.47. The molecule has 0 unspecified atom stereocenters. The molecule has 0 aliphatic rings. The number of nitrogens with zero attached hydrogens (tertiary/aromatic N) is 5. The SMILES string of the molecule is CNCCNc1ncc(C(N)=O)c(Nc2cccc(-n3nccn3)c2)n1. The molecular weight excluding hydrogens is 334 g/mol. The number of aromatic nitrogens is 5. The zero-order chi connectivity index (χ0) is 18.4. The van der Waals surface area contributed by atoms with Crippen LogP contribution in [-0.4, -0.2) is 51.0 Å². The molecule has 0 bridgehead atoms. The van der Waals surface area contributed by atoms with E-state index >= 15 is 0 Å². The van der Waals surface area contributed by atoms with Crippen LogP contribution in [-0.2, 0) is 0 Å². The summed E-state index contributed by atoms with van der Waals surface area (Å²) in [6.07, 6.45) is 4.59. The molecule has 3 rings (SSSR count). The summed E-state index contributed by atoms with van der Waals surface area (Å²) in [7, 11) is 1.85. The fourth-order valence-electron chi connectivity index (χ4n) is 2.24. The lowest BCUT2D eigenvalue weighted by molar-refractivity contribution is 0.100. The fraction of sp³-hybridized carbons (Fsp3) is 0.188. The van der Waals surface area contributed by atoms with E-state index in [9.17, 15) is 4.79 Å². The summed E-state index contributed by atoms with van der Waals surface area (Å²) in [4.78, 5) is 21.6. The highest BCUT2D eigenvalue weighted by Gasteiger charge is 2.13. The molecule has 26 heavy (non-hydrogen) atoms. The van der Waals surface area contributed by atoms with Crippen molar-refractivity contribution in [2.45, 2.75) is 0 Å². The van der Waals surface area contributed by atoms with E-state index in [1.807, 2.05) is 31.3 Å². The van der Waals surface area contributed by atoms with Gasteiger partial charge in [0.2, 0.25) is 5.95 Å². The molecule has 10 nitrogen and oxygen atoms in total. The van der Waals surface area contributed by atoms with Gasteiger partial charge in [0, 0.05) is 25.0 Å². The molecule has 2 heterocycles. The Balaban J connectivity index is 1.86. The standard InChI is InChI=1S/C16H19N9O/c1-18-5-6-19-16-20-10-13(14(17)26)15(24-16)23-11-3-2-4-12(9-11)25-21-7-8-22-25/h2-4,7-10,18H,5-6H2,1H3,(H2,17,26)(H2,19,20,23,24). The van der Waals surface area contributed by atoms with E-state index in [0.29, 0.717) is 24.0 Å². The first-order valence-electron chi connectivity index (χ1n) is 7.96. The molecule has 1 aromatic carbocycles. The monoisotopic (exact) mass is 353 g/mol. The molecule has 0 fully saturated rings. The normalized spacial score (nSPS) is 10.5. The number of nitrogens with one attached hydrogen (secondary N) is 3. The Labute approximate surface area is 149 Å². The molecule has 0 spiro atoms. The smallest absolute Gasteiger partial charge is 0.254 e. The maximum Gasteiger partial charge on any atom is 0.254 e. The van der Waals surface area contributed by atoms with E-state index in [-0.39, 0.29) is 5.56 Å². The zero-order valence-electron chi connectivity index (χ0n) is 14.2. The Morgan fingerprint density at radius 1 is 1.23 bits per heavy atom. The van der Waals surface area contributed by atoms with Gasteiger partial charge in [-0.2, -0.15) is 20.0 Å². The lowest BCUT2D eigenvalue weighted by Gasteiger charge is -2.12. The van der Waals surface area contributed by atoms with Crippen molar-refractivity contribution >= 4 is 23.4 Å². The Hall–Kier alpha value is -3.53. The number of anilines is 3. The van der Waals surface area contributed by atoms with E-state index in [4.69, 9.17) is 5.73 Å². The highest BCUT2D eigenvalue weighted by molar-refractivity contribution is 5.98. The van der Waals surface area contributed by atoms with Gasteiger partial charge in [0.15, 0.2) is 0 Å². The second-order valence-corrected chi connectivity index (χ2v) is 5.34. The first-order valence-corrected chi connectivity index (χ1v) is 7.96. The van der Waals surface area contributed by atoms with Crippen molar-refractivity contribution < 1.29 is 4.79 Å². The largest absolute Gasteiger partial charge is 0.365 e. The van der Waals surface area contributed by atoms with Crippen molar-refractivity contribution in [2.24, 2.45) is 5.73 Å². The van der Waals surface area contributed by atoms with E-state index < -0.39 is 5.91 Å². The molecule has 3 aromatic rings. The quantitative estimate of drug-likeness (QED) is 0.431. The number of primary amides is 1. The minimum Gasteiger partial charge on any atom is -0.365 e. The van der Waals surface area contributed by atoms with E-state index in [1.54, 1.807) is 12.4 Å². The van der Waals surface area contributed by atoms with Crippen molar-refractivity contribution in [3.63, 3.8) is 0 Å². The summed E-state index contributed by atoms with van der Waals surface area (Å²) < 4.78 is 0. The van der Waals surface area contributed by atoms with Crippen molar-refractivity contribution in [3.05, 3.63) is 48.4 Å². The number of hydrogen-bond donors (Lipinski definition) is 4. The predicted molar refractivity (Wildman–Crippen MR) is 97.6 cm³/mol. The van der Waals surface area contributed by atoms with Gasteiger partial charge in [-0.05, 0) is 25.2 Å². The van der Waals surface area contributed by atoms with E-state index in [0.717, 1.165) is 12.2 Å². The fourth-order valence-corrected chi connectivity index (χ4v) is 2.24. The molecule has 0 aliphatic carbocycles. The van der Waals surface area contributed by atoms with Crippen LogP contribution < -0.4 is 21.7 Å². The maximum absolute atomic E-state index is 11.7. The summed E-state index contributed by atoms with van der Waals surface area (Å²) in [5.74, 6) is 0.113. The van der Waals surface area contributed by atoms with Crippen molar-refractivity contribution in [1.29, 1.82) is 0 Å². The second-order valence-electron chi connectivity index (χ2n) is 5.34. The van der Waals surface area contributed by atoms with Gasteiger partial charge in [0.25, 0.3) is 5.91 Å². The van der Waals surface area contributed by atoms with Crippen LogP contribution in [0.3, 0.4) is 0 Å². The highest BCUT2D eigenvalue weighted by Crippen LogP contribution is 2.21. The number of carbonyl (C=O) groups is 1. The van der Waals surface area contributed by atoms with Crippen LogP contribution in [0.25, 0.3) is 5.69 Å². The van der Waals surface area contributed by atoms with Gasteiger partial charge >= 0.3 is 0 Å². The summed E-state index contributed by atoms with van der Waals surface area (Å²) >= 11 is 0. The minimum atomic E-state index is -0.612.